The summed E-state index contributed by atoms with van der Waals surface area (Å²) in [6.45, 7) is 17.2. The summed E-state index contributed by atoms with van der Waals surface area (Å²) < 4.78 is 11.3. The molecule has 246 valence electrons. The van der Waals surface area contributed by atoms with Gasteiger partial charge in [0.15, 0.2) is 0 Å². The van der Waals surface area contributed by atoms with E-state index in [9.17, 15) is 19.5 Å². The first-order valence-corrected chi connectivity index (χ1v) is 15.8. The molecule has 0 radical (unpaired) electrons. The summed E-state index contributed by atoms with van der Waals surface area (Å²) in [5, 5.41) is 20.3. The van der Waals surface area contributed by atoms with Gasteiger partial charge in [0.25, 0.3) is 5.91 Å². The van der Waals surface area contributed by atoms with Crippen molar-refractivity contribution >= 4 is 17.9 Å². The number of unbranched alkanes of at least 4 members (excludes halogenated alkanes) is 1. The molecular weight excluding hydrogens is 548 g/mol. The van der Waals surface area contributed by atoms with Crippen LogP contribution in [0.25, 0.3) is 0 Å². The number of carbonyl (C=O) groups excluding carboxylic acids is 3. The Kier molecular flexibility index (Phi) is 17.3. The molecule has 43 heavy (non-hydrogen) atoms. The number of aliphatic hydroxyl groups excluding tert-OH is 1. The molecule has 0 aliphatic carbocycles. The molecule has 0 saturated heterocycles. The van der Waals surface area contributed by atoms with E-state index < -0.39 is 29.8 Å². The number of hydrogen-bond acceptors (Lipinski definition) is 7. The average Bonchev–Trinajstić information content (AvgIpc) is 2.92. The van der Waals surface area contributed by atoms with Crippen molar-refractivity contribution in [3.8, 4) is 5.75 Å². The Bertz CT molecular complexity index is 978. The SMILES string of the molecule is CCCCNC(=O)C(CC(O)C(CC(CNC(=O)c1ccccc1OCCCN)C(C)C)NC(=O)OC(C)(C)C)C(C)C. The van der Waals surface area contributed by atoms with Gasteiger partial charge in [-0.2, -0.15) is 0 Å². The van der Waals surface area contributed by atoms with E-state index in [1.165, 1.54) is 0 Å². The number of carbonyl (C=O) groups is 3. The number of aliphatic hydroxyl groups is 1. The minimum absolute atomic E-state index is 0.00854. The lowest BCUT2D eigenvalue weighted by Crippen LogP contribution is -2.49. The van der Waals surface area contributed by atoms with Crippen molar-refractivity contribution in [1.29, 1.82) is 0 Å². The van der Waals surface area contributed by atoms with Crippen LogP contribution < -0.4 is 26.4 Å². The normalized spacial score (nSPS) is 14.5. The molecule has 0 bridgehead atoms. The highest BCUT2D eigenvalue weighted by Crippen LogP contribution is 2.25. The molecule has 0 spiro atoms. The van der Waals surface area contributed by atoms with E-state index in [0.29, 0.717) is 50.4 Å². The molecule has 0 aliphatic heterocycles. The fourth-order valence-corrected chi connectivity index (χ4v) is 4.68. The highest BCUT2D eigenvalue weighted by Gasteiger charge is 2.33. The maximum Gasteiger partial charge on any atom is 0.407 e. The van der Waals surface area contributed by atoms with E-state index in [2.05, 4.69) is 22.9 Å². The van der Waals surface area contributed by atoms with Gasteiger partial charge in [-0.15, -0.1) is 0 Å². The number of hydrogen-bond donors (Lipinski definition) is 5. The van der Waals surface area contributed by atoms with Gasteiger partial charge < -0.3 is 36.3 Å². The highest BCUT2D eigenvalue weighted by atomic mass is 16.6. The van der Waals surface area contributed by atoms with Crippen LogP contribution in [0.15, 0.2) is 24.3 Å². The lowest BCUT2D eigenvalue weighted by Gasteiger charge is -2.33. The summed E-state index contributed by atoms with van der Waals surface area (Å²) in [5.41, 5.74) is 5.28. The second-order valence-corrected chi connectivity index (χ2v) is 13.0. The molecule has 0 aromatic heterocycles. The highest BCUT2D eigenvalue weighted by molar-refractivity contribution is 5.96. The van der Waals surface area contributed by atoms with Gasteiger partial charge in [-0.05, 0) is 82.9 Å². The molecule has 1 aromatic carbocycles. The summed E-state index contributed by atoms with van der Waals surface area (Å²) in [4.78, 5) is 39.0. The fraction of sp³-hybridized carbons (Fsp3) is 0.727. The molecule has 1 aromatic rings. The number of nitrogens with one attached hydrogen (secondary N) is 3. The molecule has 6 N–H and O–H groups in total. The topological polar surface area (TPSA) is 152 Å². The van der Waals surface area contributed by atoms with Gasteiger partial charge in [0.05, 0.1) is 24.3 Å². The van der Waals surface area contributed by atoms with E-state index in [4.69, 9.17) is 15.2 Å². The van der Waals surface area contributed by atoms with Crippen LogP contribution in [0.3, 0.4) is 0 Å². The third kappa shape index (κ3) is 14.9. The Hall–Kier alpha value is -2.85. The number of benzene rings is 1. The lowest BCUT2D eigenvalue weighted by molar-refractivity contribution is -0.127. The van der Waals surface area contributed by atoms with Crippen molar-refractivity contribution in [1.82, 2.24) is 16.0 Å². The van der Waals surface area contributed by atoms with E-state index >= 15 is 0 Å². The standard InChI is InChI=1S/C33H58N4O6/c1-9-10-17-35-31(40)26(23(4)5)20-28(38)27(37-32(41)43-33(6,7)8)19-24(22(2)3)21-36-30(39)25-14-11-12-15-29(25)42-18-13-16-34/h11-12,14-15,22-24,26-28,38H,9-10,13,16-21,34H2,1-8H3,(H,35,40)(H,36,39)(H,37,41). The Morgan fingerprint density at radius 1 is 0.977 bits per heavy atom. The summed E-state index contributed by atoms with van der Waals surface area (Å²) in [7, 11) is 0. The van der Waals surface area contributed by atoms with Gasteiger partial charge in [0.1, 0.15) is 11.4 Å². The van der Waals surface area contributed by atoms with Crippen molar-refractivity contribution < 1.29 is 29.0 Å². The molecule has 0 heterocycles. The maximum atomic E-state index is 13.2. The van der Waals surface area contributed by atoms with Gasteiger partial charge in [-0.25, -0.2) is 4.79 Å². The first-order chi connectivity index (χ1) is 20.2. The molecule has 10 nitrogen and oxygen atoms in total. The second-order valence-electron chi connectivity index (χ2n) is 13.0. The zero-order valence-corrected chi connectivity index (χ0v) is 27.7. The smallest absolute Gasteiger partial charge is 0.407 e. The van der Waals surface area contributed by atoms with Crippen molar-refractivity contribution in [2.75, 3.05) is 26.2 Å². The zero-order valence-electron chi connectivity index (χ0n) is 27.7. The van der Waals surface area contributed by atoms with Crippen LogP contribution in [-0.2, 0) is 9.53 Å². The van der Waals surface area contributed by atoms with E-state index in [1.807, 2.05) is 33.8 Å². The number of para-hydroxylation sites is 1. The number of ether oxygens (including phenoxy) is 2. The Morgan fingerprint density at radius 2 is 1.65 bits per heavy atom. The van der Waals surface area contributed by atoms with Gasteiger partial charge >= 0.3 is 6.09 Å². The predicted octanol–water partition coefficient (Wildman–Crippen LogP) is 4.64. The van der Waals surface area contributed by atoms with E-state index in [1.54, 1.807) is 39.0 Å². The van der Waals surface area contributed by atoms with Gasteiger partial charge in [-0.1, -0.05) is 53.2 Å². The van der Waals surface area contributed by atoms with Crippen molar-refractivity contribution in [3.63, 3.8) is 0 Å². The molecule has 0 fully saturated rings. The summed E-state index contributed by atoms with van der Waals surface area (Å²) >= 11 is 0. The number of alkyl carbamates (subject to hydrolysis) is 1. The predicted molar refractivity (Wildman–Crippen MR) is 171 cm³/mol. The fourth-order valence-electron chi connectivity index (χ4n) is 4.68. The van der Waals surface area contributed by atoms with E-state index in [-0.39, 0.29) is 36.0 Å². The largest absolute Gasteiger partial charge is 0.493 e. The van der Waals surface area contributed by atoms with Crippen LogP contribution in [0.5, 0.6) is 5.75 Å². The third-order valence-electron chi connectivity index (χ3n) is 7.40. The van der Waals surface area contributed by atoms with Crippen LogP contribution >= 0.6 is 0 Å². The zero-order chi connectivity index (χ0) is 32.6. The van der Waals surface area contributed by atoms with Gasteiger partial charge in [0.2, 0.25) is 5.91 Å². The molecule has 0 saturated carbocycles. The lowest BCUT2D eigenvalue weighted by atomic mass is 9.82. The van der Waals surface area contributed by atoms with Gasteiger partial charge in [0, 0.05) is 19.0 Å². The van der Waals surface area contributed by atoms with Gasteiger partial charge in [-0.3, -0.25) is 9.59 Å². The molecule has 4 atom stereocenters. The maximum absolute atomic E-state index is 13.2. The van der Waals surface area contributed by atoms with Crippen LogP contribution in [0, 0.1) is 23.7 Å². The average molecular weight is 607 g/mol. The summed E-state index contributed by atoms with van der Waals surface area (Å²) in [6.07, 6.45) is 1.43. The molecule has 1 rings (SSSR count). The molecular formula is C33H58N4O6. The first-order valence-electron chi connectivity index (χ1n) is 15.8. The van der Waals surface area contributed by atoms with Crippen LogP contribution in [-0.4, -0.2) is 67.0 Å². The minimum Gasteiger partial charge on any atom is -0.493 e. The Morgan fingerprint density at radius 3 is 2.23 bits per heavy atom. The first kappa shape index (κ1) is 38.2. The Balaban J connectivity index is 3.11. The summed E-state index contributed by atoms with van der Waals surface area (Å²) in [5.74, 6) is -0.294. The monoisotopic (exact) mass is 606 g/mol. The van der Waals surface area contributed by atoms with Crippen molar-refractivity contribution in [3.05, 3.63) is 29.8 Å². The quantitative estimate of drug-likeness (QED) is 0.144. The molecule has 4 unspecified atom stereocenters. The number of amides is 3. The molecule has 10 heteroatoms. The Labute approximate surface area is 259 Å². The van der Waals surface area contributed by atoms with Crippen molar-refractivity contribution in [2.45, 2.75) is 105 Å². The number of nitrogens with two attached hydrogens (primary N) is 1. The number of rotatable bonds is 19. The van der Waals surface area contributed by atoms with Crippen molar-refractivity contribution in [2.24, 2.45) is 29.4 Å². The van der Waals surface area contributed by atoms with Crippen LogP contribution in [0.1, 0.15) is 97.9 Å². The minimum atomic E-state index is -1.01. The summed E-state index contributed by atoms with van der Waals surface area (Å²) in [6, 6.07) is 6.37. The van der Waals surface area contributed by atoms with Crippen LogP contribution in [0.2, 0.25) is 0 Å². The third-order valence-corrected chi connectivity index (χ3v) is 7.40. The molecule has 3 amide bonds. The van der Waals surface area contributed by atoms with Crippen LogP contribution in [0.4, 0.5) is 4.79 Å². The van der Waals surface area contributed by atoms with E-state index in [0.717, 1.165) is 12.8 Å². The molecule has 0 aliphatic rings. The second kappa shape index (κ2) is 19.4.